The second-order valence-electron chi connectivity index (χ2n) is 6.26. The van der Waals surface area contributed by atoms with Crippen molar-refractivity contribution >= 4 is 28.3 Å². The number of fused-ring (bicyclic) bond motifs is 1. The van der Waals surface area contributed by atoms with Gasteiger partial charge in [-0.2, -0.15) is 5.26 Å². The lowest BCUT2D eigenvalue weighted by Gasteiger charge is -2.20. The van der Waals surface area contributed by atoms with Gasteiger partial charge >= 0.3 is 0 Å². The average molecular weight is 387 g/mol. The largest absolute Gasteiger partial charge is 0.346 e. The second kappa shape index (κ2) is 8.03. The number of nitrogens with zero attached hydrogens (tertiary/aromatic N) is 4. The summed E-state index contributed by atoms with van der Waals surface area (Å²) in [6.45, 7) is 0.813. The van der Waals surface area contributed by atoms with Gasteiger partial charge in [0.25, 0.3) is 5.91 Å². The molecule has 0 fully saturated rings. The van der Waals surface area contributed by atoms with Crippen molar-refractivity contribution < 1.29 is 4.79 Å². The maximum Gasteiger partial charge on any atom is 0.264 e. The first-order valence-electron chi connectivity index (χ1n) is 8.83. The molecule has 0 aliphatic carbocycles. The number of rotatable bonds is 6. The summed E-state index contributed by atoms with van der Waals surface area (Å²) in [6, 6.07) is 13.7. The average Bonchev–Trinajstić information content (AvgIpc) is 3.40. The van der Waals surface area contributed by atoms with E-state index in [1.807, 2.05) is 42.6 Å². The van der Waals surface area contributed by atoms with Crippen LogP contribution in [0.15, 0.2) is 61.2 Å². The molecule has 1 amide bonds. The van der Waals surface area contributed by atoms with E-state index in [-0.39, 0.29) is 5.91 Å². The Hall–Kier alpha value is -3.50. The van der Waals surface area contributed by atoms with Crippen LogP contribution in [-0.2, 0) is 6.54 Å². The summed E-state index contributed by atoms with van der Waals surface area (Å²) >= 11 is 1.45. The number of carbonyl (C=O) groups is 1. The first-order chi connectivity index (χ1) is 13.8. The Balaban J connectivity index is 1.61. The number of nitriles is 1. The number of thiophene rings is 1. The molecule has 0 saturated carbocycles. The minimum atomic E-state index is -0.0743. The van der Waals surface area contributed by atoms with Gasteiger partial charge in [0.2, 0.25) is 0 Å². The van der Waals surface area contributed by atoms with Crippen LogP contribution in [0, 0.1) is 11.3 Å². The minimum absolute atomic E-state index is 0.0743. The van der Waals surface area contributed by atoms with Gasteiger partial charge in [-0.3, -0.25) is 9.78 Å². The fourth-order valence-corrected chi connectivity index (χ4v) is 4.09. The lowest BCUT2D eigenvalue weighted by Crippen LogP contribution is -2.30. The smallest absolute Gasteiger partial charge is 0.264 e. The summed E-state index contributed by atoms with van der Waals surface area (Å²) in [5.41, 5.74) is 2.81. The summed E-state index contributed by atoms with van der Waals surface area (Å²) in [5, 5.41) is 9.99. The molecule has 7 heteroatoms. The number of carbonyl (C=O) groups excluding carboxylic acids is 1. The van der Waals surface area contributed by atoms with Crippen molar-refractivity contribution in [3.63, 3.8) is 0 Å². The van der Waals surface area contributed by atoms with Crippen molar-refractivity contribution in [1.29, 1.82) is 5.26 Å². The van der Waals surface area contributed by atoms with Crippen LogP contribution < -0.4 is 0 Å². The van der Waals surface area contributed by atoms with E-state index in [4.69, 9.17) is 5.26 Å². The van der Waals surface area contributed by atoms with Crippen LogP contribution in [-0.4, -0.2) is 32.3 Å². The Morgan fingerprint density at radius 3 is 2.96 bits per heavy atom. The molecule has 0 bridgehead atoms. The zero-order chi connectivity index (χ0) is 19.3. The third-order valence-electron chi connectivity index (χ3n) is 4.42. The van der Waals surface area contributed by atoms with Crippen LogP contribution in [0.5, 0.6) is 0 Å². The third-order valence-corrected chi connectivity index (χ3v) is 5.53. The molecule has 1 N–H and O–H groups in total. The highest BCUT2D eigenvalue weighted by Crippen LogP contribution is 2.33. The summed E-state index contributed by atoms with van der Waals surface area (Å²) in [7, 11) is 0. The van der Waals surface area contributed by atoms with E-state index in [9.17, 15) is 4.79 Å². The molecule has 0 radical (unpaired) electrons. The number of nitrogens with one attached hydrogen (secondary N) is 1. The molecule has 138 valence electrons. The van der Waals surface area contributed by atoms with E-state index in [1.54, 1.807) is 23.5 Å². The molecule has 0 spiro atoms. The van der Waals surface area contributed by atoms with Crippen molar-refractivity contribution in [1.82, 2.24) is 19.9 Å². The van der Waals surface area contributed by atoms with Crippen molar-refractivity contribution in [3.8, 4) is 16.5 Å². The Labute approximate surface area is 166 Å². The number of amides is 1. The molecule has 4 aromatic rings. The van der Waals surface area contributed by atoms with E-state index in [0.717, 1.165) is 27.0 Å². The Bertz CT molecular complexity index is 1140. The summed E-state index contributed by atoms with van der Waals surface area (Å²) in [4.78, 5) is 28.0. The summed E-state index contributed by atoms with van der Waals surface area (Å²) in [5.74, 6) is -0.0743. The van der Waals surface area contributed by atoms with E-state index in [2.05, 4.69) is 21.0 Å². The normalized spacial score (nSPS) is 10.7. The maximum absolute atomic E-state index is 13.1. The lowest BCUT2D eigenvalue weighted by molar-refractivity contribution is 0.0751. The highest BCUT2D eigenvalue weighted by atomic mass is 32.1. The second-order valence-corrected chi connectivity index (χ2v) is 7.34. The molecule has 0 unspecified atom stereocenters. The summed E-state index contributed by atoms with van der Waals surface area (Å²) in [6.07, 6.45) is 7.35. The van der Waals surface area contributed by atoms with Crippen LogP contribution in [0.2, 0.25) is 0 Å². The molecule has 4 heterocycles. The van der Waals surface area contributed by atoms with E-state index >= 15 is 0 Å². The number of H-pyrrole nitrogens is 1. The molecule has 28 heavy (non-hydrogen) atoms. The zero-order valence-corrected chi connectivity index (χ0v) is 15.8. The fraction of sp³-hybridized carbons (Fsp3) is 0.143. The van der Waals surface area contributed by atoms with Crippen LogP contribution in [0.25, 0.3) is 21.5 Å². The predicted molar refractivity (Wildman–Crippen MR) is 109 cm³/mol. The number of hydrogen-bond acceptors (Lipinski definition) is 5. The molecule has 0 aromatic carbocycles. The van der Waals surface area contributed by atoms with Gasteiger partial charge in [0, 0.05) is 53.7 Å². The first-order valence-corrected chi connectivity index (χ1v) is 9.65. The standard InChI is InChI=1S/C21H17N5OS/c22-8-2-12-26(14-15-3-1-9-23-13-15)21(27)19-5-4-18(28-19)16-6-10-24-20-17(16)7-11-25-20/h1,3-7,9-11,13H,2,12,14H2,(H,24,25). The molecule has 0 atom stereocenters. The van der Waals surface area contributed by atoms with Gasteiger partial charge in [-0.15, -0.1) is 11.3 Å². The molecule has 0 aliphatic rings. The molecular formula is C21H17N5OS. The molecule has 6 nitrogen and oxygen atoms in total. The van der Waals surface area contributed by atoms with Crippen LogP contribution in [0.1, 0.15) is 21.7 Å². The van der Waals surface area contributed by atoms with Gasteiger partial charge in [-0.25, -0.2) is 4.98 Å². The Morgan fingerprint density at radius 1 is 1.21 bits per heavy atom. The maximum atomic E-state index is 13.1. The van der Waals surface area contributed by atoms with Gasteiger partial charge in [-0.05, 0) is 35.9 Å². The Morgan fingerprint density at radius 2 is 2.14 bits per heavy atom. The molecular weight excluding hydrogens is 370 g/mol. The highest BCUT2D eigenvalue weighted by Gasteiger charge is 2.19. The molecule has 4 rings (SSSR count). The van der Waals surface area contributed by atoms with Crippen molar-refractivity contribution in [2.75, 3.05) is 6.54 Å². The predicted octanol–water partition coefficient (Wildman–Crippen LogP) is 4.24. The van der Waals surface area contributed by atoms with Crippen molar-refractivity contribution in [2.45, 2.75) is 13.0 Å². The lowest BCUT2D eigenvalue weighted by atomic mass is 10.1. The van der Waals surface area contributed by atoms with E-state index in [0.29, 0.717) is 24.4 Å². The van der Waals surface area contributed by atoms with Crippen LogP contribution >= 0.6 is 11.3 Å². The van der Waals surface area contributed by atoms with Gasteiger partial charge in [0.1, 0.15) is 5.65 Å². The quantitative estimate of drug-likeness (QED) is 0.536. The molecule has 0 saturated heterocycles. The van der Waals surface area contributed by atoms with E-state index < -0.39 is 0 Å². The van der Waals surface area contributed by atoms with Crippen molar-refractivity contribution in [2.24, 2.45) is 0 Å². The monoisotopic (exact) mass is 387 g/mol. The minimum Gasteiger partial charge on any atom is -0.346 e. The van der Waals surface area contributed by atoms with Gasteiger partial charge in [-0.1, -0.05) is 6.07 Å². The number of aromatic nitrogens is 3. The van der Waals surface area contributed by atoms with Gasteiger partial charge in [0.05, 0.1) is 17.4 Å². The SMILES string of the molecule is N#CCCN(Cc1cccnc1)C(=O)c1ccc(-c2ccnc3[nH]ccc23)s1. The zero-order valence-electron chi connectivity index (χ0n) is 15.0. The Kier molecular flexibility index (Phi) is 5.13. The van der Waals surface area contributed by atoms with Crippen LogP contribution in [0.3, 0.4) is 0 Å². The molecule has 4 aromatic heterocycles. The molecule has 0 aliphatic heterocycles. The number of pyridine rings is 2. The van der Waals surface area contributed by atoms with Gasteiger partial charge in [0.15, 0.2) is 0 Å². The van der Waals surface area contributed by atoms with Crippen LogP contribution in [0.4, 0.5) is 0 Å². The number of hydrogen-bond donors (Lipinski definition) is 1. The topological polar surface area (TPSA) is 85.7 Å². The summed E-state index contributed by atoms with van der Waals surface area (Å²) < 4.78 is 0. The van der Waals surface area contributed by atoms with E-state index in [1.165, 1.54) is 11.3 Å². The first kappa shape index (κ1) is 17.9. The fourth-order valence-electron chi connectivity index (χ4n) is 3.08. The van der Waals surface area contributed by atoms with Crippen molar-refractivity contribution in [3.05, 3.63) is 71.6 Å². The number of aromatic amines is 1. The highest BCUT2D eigenvalue weighted by molar-refractivity contribution is 7.17. The third kappa shape index (κ3) is 3.63. The van der Waals surface area contributed by atoms with Gasteiger partial charge < -0.3 is 9.88 Å².